The number of unbranched alkanes of at least 4 members (excludes halogenated alkanes) is 16. The fourth-order valence-corrected chi connectivity index (χ4v) is 9.27. The summed E-state index contributed by atoms with van der Waals surface area (Å²) in [6.07, 6.45) is 19.4. The van der Waals surface area contributed by atoms with Gasteiger partial charge in [-0.1, -0.05) is 220 Å². The Morgan fingerprint density at radius 2 is 1.07 bits per heavy atom. The van der Waals surface area contributed by atoms with Crippen LogP contribution in [0.4, 0.5) is 0 Å². The Bertz CT molecular complexity index is 1710. The van der Waals surface area contributed by atoms with Crippen LogP contribution in [-0.2, 0) is 51.2 Å². The molecular formula is C57H85NO9. The maximum absolute atomic E-state index is 13.9. The van der Waals surface area contributed by atoms with Crippen LogP contribution < -0.4 is 5.32 Å². The Labute approximate surface area is 403 Å². The molecule has 5 rings (SSSR count). The largest absolute Gasteiger partial charge is 0.373 e. The van der Waals surface area contributed by atoms with Gasteiger partial charge in [0.05, 0.1) is 44.6 Å². The zero-order chi connectivity index (χ0) is 47.2. The quantitative estimate of drug-likeness (QED) is 0.0541. The molecule has 1 unspecified atom stereocenters. The number of hydrogen-bond donors (Lipinski definition) is 2. The molecule has 2 aliphatic heterocycles. The lowest BCUT2D eigenvalue weighted by atomic mass is 9.95. The fourth-order valence-electron chi connectivity index (χ4n) is 9.27. The number of benzene rings is 3. The number of ether oxygens (including phenoxy) is 6. The van der Waals surface area contributed by atoms with Crippen LogP contribution in [0.25, 0.3) is 0 Å². The normalized spacial score (nSPS) is 21.4. The topological polar surface area (TPSA) is 122 Å². The number of fused-ring (bicyclic) bond motifs is 1. The Morgan fingerprint density at radius 1 is 0.612 bits per heavy atom. The van der Waals surface area contributed by atoms with Gasteiger partial charge in [-0.05, 0) is 24.0 Å². The van der Waals surface area contributed by atoms with Gasteiger partial charge in [-0.25, -0.2) is 0 Å². The number of nitrogens with one attached hydrogen (secondary N) is 1. The van der Waals surface area contributed by atoms with E-state index in [4.69, 9.17) is 28.4 Å². The van der Waals surface area contributed by atoms with Gasteiger partial charge in [0, 0.05) is 18.4 Å². The van der Waals surface area contributed by atoms with E-state index in [1.807, 2.05) is 91.0 Å². The average Bonchev–Trinajstić information content (AvgIpc) is 3.35. The second kappa shape index (κ2) is 33.3. The van der Waals surface area contributed by atoms with Gasteiger partial charge in [0.15, 0.2) is 18.4 Å². The van der Waals surface area contributed by atoms with E-state index in [0.717, 1.165) is 55.2 Å². The van der Waals surface area contributed by atoms with Crippen LogP contribution in [0.1, 0.15) is 178 Å². The summed E-state index contributed by atoms with van der Waals surface area (Å²) in [6, 6.07) is 28.9. The smallest absolute Gasteiger partial charge is 0.184 e. The van der Waals surface area contributed by atoms with Gasteiger partial charge >= 0.3 is 0 Å². The van der Waals surface area contributed by atoms with Crippen LogP contribution in [-0.4, -0.2) is 79.3 Å². The van der Waals surface area contributed by atoms with E-state index < -0.39 is 36.9 Å². The van der Waals surface area contributed by atoms with E-state index in [0.29, 0.717) is 13.2 Å². The molecule has 0 bridgehead atoms. The molecule has 2 heterocycles. The van der Waals surface area contributed by atoms with Gasteiger partial charge in [-0.2, -0.15) is 0 Å². The summed E-state index contributed by atoms with van der Waals surface area (Å²) in [5, 5.41) is 14.8. The Kier molecular flexibility index (Phi) is 27.1. The highest BCUT2D eigenvalue weighted by Gasteiger charge is 2.50. The molecule has 0 saturated carbocycles. The van der Waals surface area contributed by atoms with Crippen LogP contribution in [0.15, 0.2) is 91.0 Å². The number of carbonyl (C=O) groups is 2. The highest BCUT2D eigenvalue weighted by molar-refractivity contribution is 5.81. The zero-order valence-electron chi connectivity index (χ0n) is 41.1. The minimum Gasteiger partial charge on any atom is -0.373 e. The third-order valence-corrected chi connectivity index (χ3v) is 13.2. The van der Waals surface area contributed by atoms with Gasteiger partial charge < -0.3 is 38.8 Å². The van der Waals surface area contributed by atoms with E-state index in [9.17, 15) is 14.7 Å². The van der Waals surface area contributed by atoms with Crippen molar-refractivity contribution in [2.24, 2.45) is 0 Å². The molecular weight excluding hydrogens is 843 g/mol. The Balaban J connectivity index is 1.20. The minimum absolute atomic E-state index is 0.0357. The van der Waals surface area contributed by atoms with Gasteiger partial charge in [0.2, 0.25) is 0 Å². The number of aliphatic hydroxyl groups is 1. The lowest BCUT2D eigenvalue weighted by molar-refractivity contribution is -0.342. The predicted molar refractivity (Wildman–Crippen MR) is 265 cm³/mol. The first kappa shape index (κ1) is 54.6. The maximum Gasteiger partial charge on any atom is 0.184 e. The summed E-state index contributed by atoms with van der Waals surface area (Å²) >= 11 is 0. The van der Waals surface area contributed by atoms with Crippen molar-refractivity contribution in [1.82, 2.24) is 5.32 Å². The maximum atomic E-state index is 13.9. The SMILES string of the molecule is CCCCCCCCCCC[C@H](CC(=O)CN[C@H]1C(O)O[C@@H]2CO[C@@H](c3ccccc3)O[C@H]2[C@@H]1OCC(=O)C[C@@H](CCCCCCCCCCC)OCc1ccccc1)OCc1ccccc1. The molecule has 2 aliphatic rings. The fraction of sp³-hybridized carbons (Fsp3) is 0.649. The number of Topliss-reactive ketones (excluding diaryl/α,β-unsaturated/α-hetero) is 2. The van der Waals surface area contributed by atoms with Gasteiger partial charge in [-0.3, -0.25) is 9.59 Å². The molecule has 3 aromatic rings. The molecule has 67 heavy (non-hydrogen) atoms. The van der Waals surface area contributed by atoms with Crippen molar-refractivity contribution in [1.29, 1.82) is 0 Å². The molecule has 10 nitrogen and oxygen atoms in total. The lowest BCUT2D eigenvalue weighted by Crippen LogP contribution is -2.66. The third-order valence-electron chi connectivity index (χ3n) is 13.2. The van der Waals surface area contributed by atoms with E-state index in [2.05, 4.69) is 19.2 Å². The standard InChI is InChI=1S/C57H85NO9/c1-3-5-7-9-11-13-15-17-28-36-50(62-41-45-30-22-19-23-31-45)38-48(59)40-58-53-55(54-52(66-56(53)61)44-65-57(67-54)47-34-26-21-27-35-47)64-43-49(60)39-51(63-42-46-32-24-20-25-33-46)37-29-18-16-14-12-10-8-6-4-2/h19-27,30-35,50-58,61H,3-18,28-29,36-44H2,1-2H3/t50-,51-,52-,53-,54-,55-,56?,57-/m1/s1. The summed E-state index contributed by atoms with van der Waals surface area (Å²) < 4.78 is 38.1. The second-order valence-electron chi connectivity index (χ2n) is 19.0. The molecule has 10 heteroatoms. The van der Waals surface area contributed by atoms with E-state index in [1.54, 1.807) is 0 Å². The lowest BCUT2D eigenvalue weighted by Gasteiger charge is -2.48. The molecule has 8 atom stereocenters. The van der Waals surface area contributed by atoms with Crippen molar-refractivity contribution >= 4 is 11.6 Å². The van der Waals surface area contributed by atoms with Crippen LogP contribution in [0.3, 0.4) is 0 Å². The number of carbonyl (C=O) groups excluding carboxylic acids is 2. The summed E-state index contributed by atoms with van der Waals surface area (Å²) in [5.74, 6) is -0.133. The monoisotopic (exact) mass is 928 g/mol. The van der Waals surface area contributed by atoms with Crippen LogP contribution >= 0.6 is 0 Å². The summed E-state index contributed by atoms with van der Waals surface area (Å²) in [7, 11) is 0. The molecule has 2 saturated heterocycles. The van der Waals surface area contributed by atoms with Crippen LogP contribution in [0, 0.1) is 0 Å². The highest BCUT2D eigenvalue weighted by Crippen LogP contribution is 2.35. The zero-order valence-corrected chi connectivity index (χ0v) is 41.1. The van der Waals surface area contributed by atoms with Crippen molar-refractivity contribution in [3.05, 3.63) is 108 Å². The van der Waals surface area contributed by atoms with Gasteiger partial charge in [-0.15, -0.1) is 0 Å². The first-order valence-electron chi connectivity index (χ1n) is 26.3. The predicted octanol–water partition coefficient (Wildman–Crippen LogP) is 12.1. The second-order valence-corrected chi connectivity index (χ2v) is 19.0. The molecule has 2 N–H and O–H groups in total. The number of hydrogen-bond acceptors (Lipinski definition) is 10. The number of aliphatic hydroxyl groups excluding tert-OH is 1. The first-order valence-corrected chi connectivity index (χ1v) is 26.3. The molecule has 0 spiro atoms. The van der Waals surface area contributed by atoms with Crippen molar-refractivity contribution in [3.8, 4) is 0 Å². The van der Waals surface area contributed by atoms with Crippen molar-refractivity contribution in [3.63, 3.8) is 0 Å². The molecule has 372 valence electrons. The van der Waals surface area contributed by atoms with E-state index in [1.165, 1.54) is 89.9 Å². The van der Waals surface area contributed by atoms with E-state index >= 15 is 0 Å². The summed E-state index contributed by atoms with van der Waals surface area (Å²) in [4.78, 5) is 27.7. The van der Waals surface area contributed by atoms with Gasteiger partial charge in [0.1, 0.15) is 30.7 Å². The average molecular weight is 928 g/mol. The van der Waals surface area contributed by atoms with Gasteiger partial charge in [0.25, 0.3) is 0 Å². The molecule has 2 fully saturated rings. The molecule has 0 aliphatic carbocycles. The highest BCUT2D eigenvalue weighted by atomic mass is 16.7. The number of ketones is 2. The molecule has 3 aromatic carbocycles. The van der Waals surface area contributed by atoms with Crippen molar-refractivity contribution < 1.29 is 43.1 Å². The van der Waals surface area contributed by atoms with Crippen molar-refractivity contribution in [2.75, 3.05) is 19.8 Å². The molecule has 0 radical (unpaired) electrons. The third kappa shape index (κ3) is 21.5. The van der Waals surface area contributed by atoms with E-state index in [-0.39, 0.29) is 56.4 Å². The minimum atomic E-state index is -1.34. The number of rotatable bonds is 37. The summed E-state index contributed by atoms with van der Waals surface area (Å²) in [6.45, 7) is 5.28. The Hall–Kier alpha value is -3.32. The first-order chi connectivity index (χ1) is 32.9. The summed E-state index contributed by atoms with van der Waals surface area (Å²) in [5.41, 5.74) is 2.97. The van der Waals surface area contributed by atoms with Crippen LogP contribution in [0.2, 0.25) is 0 Å². The van der Waals surface area contributed by atoms with Crippen LogP contribution in [0.5, 0.6) is 0 Å². The Morgan fingerprint density at radius 3 is 1.58 bits per heavy atom. The van der Waals surface area contributed by atoms with Crippen molar-refractivity contribution in [2.45, 2.75) is 217 Å². The molecule has 0 aromatic heterocycles. The molecule has 0 amide bonds.